The maximum absolute atomic E-state index is 12.0. The number of rotatable bonds is 4. The molecule has 7 heteroatoms. The fourth-order valence-corrected chi connectivity index (χ4v) is 3.28. The van der Waals surface area contributed by atoms with Crippen molar-refractivity contribution >= 4 is 17.7 Å². The van der Waals surface area contributed by atoms with Crippen LogP contribution in [0.5, 0.6) is 0 Å². The Morgan fingerprint density at radius 2 is 1.96 bits per heavy atom. The van der Waals surface area contributed by atoms with Gasteiger partial charge in [-0.25, -0.2) is 15.0 Å². The highest BCUT2D eigenvalue weighted by Gasteiger charge is 2.27. The molecule has 1 saturated heterocycles. The average molecular weight is 340 g/mol. The third-order valence-electron chi connectivity index (χ3n) is 4.40. The van der Waals surface area contributed by atoms with E-state index in [1.165, 1.54) is 0 Å². The van der Waals surface area contributed by atoms with Crippen LogP contribution < -0.4 is 5.32 Å². The van der Waals surface area contributed by atoms with Gasteiger partial charge in [0.15, 0.2) is 5.82 Å². The molecule has 0 bridgehead atoms. The Bertz CT molecular complexity index is 743. The van der Waals surface area contributed by atoms with Crippen LogP contribution in [0.15, 0.2) is 18.5 Å². The first-order valence-electron chi connectivity index (χ1n) is 8.74. The van der Waals surface area contributed by atoms with Crippen molar-refractivity contribution in [2.24, 2.45) is 0 Å². The van der Waals surface area contributed by atoms with Gasteiger partial charge in [-0.05, 0) is 32.8 Å². The number of anilines is 2. The Hall–Kier alpha value is -2.57. The molecular weight excluding hydrogens is 316 g/mol. The average Bonchev–Trinajstić information content (AvgIpc) is 2.61. The van der Waals surface area contributed by atoms with Crippen molar-refractivity contribution in [1.29, 1.82) is 0 Å². The minimum atomic E-state index is 0.173. The van der Waals surface area contributed by atoms with Gasteiger partial charge in [0.05, 0.1) is 5.69 Å². The Morgan fingerprint density at radius 3 is 2.68 bits per heavy atom. The molecule has 132 valence electrons. The van der Waals surface area contributed by atoms with E-state index >= 15 is 0 Å². The predicted molar refractivity (Wildman–Crippen MR) is 95.7 cm³/mol. The van der Waals surface area contributed by atoms with Gasteiger partial charge in [0, 0.05) is 49.2 Å². The van der Waals surface area contributed by atoms with Gasteiger partial charge in [-0.1, -0.05) is 6.92 Å². The van der Waals surface area contributed by atoms with Crippen LogP contribution in [-0.4, -0.2) is 43.8 Å². The van der Waals surface area contributed by atoms with Gasteiger partial charge >= 0.3 is 0 Å². The molecule has 1 fully saturated rings. The second kappa shape index (κ2) is 7.55. The highest BCUT2D eigenvalue weighted by molar-refractivity contribution is 5.76. The van der Waals surface area contributed by atoms with Crippen LogP contribution in [0, 0.1) is 13.8 Å². The molecule has 0 saturated carbocycles. The van der Waals surface area contributed by atoms with Crippen LogP contribution in [0.4, 0.5) is 11.8 Å². The molecule has 1 aliphatic rings. The van der Waals surface area contributed by atoms with Gasteiger partial charge < -0.3 is 10.2 Å². The van der Waals surface area contributed by atoms with Gasteiger partial charge in [-0.3, -0.25) is 9.78 Å². The van der Waals surface area contributed by atoms with E-state index in [0.717, 1.165) is 36.5 Å². The smallest absolute Gasteiger partial charge is 0.228 e. The molecule has 1 amide bonds. The summed E-state index contributed by atoms with van der Waals surface area (Å²) in [7, 11) is 0. The molecule has 0 spiro atoms. The van der Waals surface area contributed by atoms with E-state index in [1.807, 2.05) is 31.7 Å². The first-order chi connectivity index (χ1) is 12.1. The van der Waals surface area contributed by atoms with Crippen molar-refractivity contribution in [3.8, 4) is 0 Å². The maximum atomic E-state index is 12.0. The summed E-state index contributed by atoms with van der Waals surface area (Å²) in [6.07, 6.45) is 5.87. The summed E-state index contributed by atoms with van der Waals surface area (Å²) in [5.41, 5.74) is 2.68. The molecule has 1 aliphatic heterocycles. The summed E-state index contributed by atoms with van der Waals surface area (Å²) in [6.45, 7) is 7.29. The second-order valence-electron chi connectivity index (χ2n) is 6.42. The molecule has 3 rings (SSSR count). The normalized spacial score (nSPS) is 17.4. The van der Waals surface area contributed by atoms with Gasteiger partial charge in [-0.15, -0.1) is 0 Å². The Balaban J connectivity index is 1.84. The van der Waals surface area contributed by atoms with Crippen molar-refractivity contribution in [3.63, 3.8) is 0 Å². The van der Waals surface area contributed by atoms with Gasteiger partial charge in [0.1, 0.15) is 0 Å². The first kappa shape index (κ1) is 17.3. The number of amides is 1. The summed E-state index contributed by atoms with van der Waals surface area (Å²) < 4.78 is 0. The molecule has 7 nitrogen and oxygen atoms in total. The first-order valence-corrected chi connectivity index (χ1v) is 8.74. The SMILES string of the molecule is CCC(=O)N1CCC[C@@H](c2nccnc2Nc2nc(C)cc(C)n2)C1. The second-order valence-corrected chi connectivity index (χ2v) is 6.42. The molecule has 1 N–H and O–H groups in total. The number of nitrogens with one attached hydrogen (secondary N) is 1. The third kappa shape index (κ3) is 4.10. The third-order valence-corrected chi connectivity index (χ3v) is 4.40. The standard InChI is InChI=1S/C18H24N6O/c1-4-15(25)24-9-5-6-14(11-24)16-17(20-8-7-19-16)23-18-21-12(2)10-13(3)22-18/h7-8,10,14H,4-6,9,11H2,1-3H3,(H,20,21,22,23)/t14-/m1/s1. The fraction of sp³-hybridized carbons (Fsp3) is 0.500. The molecule has 1 atom stereocenters. The number of piperidine rings is 1. The van der Waals surface area contributed by atoms with Crippen LogP contribution in [0.25, 0.3) is 0 Å². The van der Waals surface area contributed by atoms with Crippen LogP contribution in [0.1, 0.15) is 49.2 Å². The Kier molecular flexibility index (Phi) is 5.21. The van der Waals surface area contributed by atoms with Gasteiger partial charge in [0.2, 0.25) is 11.9 Å². The highest BCUT2D eigenvalue weighted by atomic mass is 16.2. The van der Waals surface area contributed by atoms with E-state index in [1.54, 1.807) is 12.4 Å². The number of likely N-dealkylation sites (tertiary alicyclic amines) is 1. The number of carbonyl (C=O) groups is 1. The molecule has 2 aromatic heterocycles. The molecule has 0 aliphatic carbocycles. The molecule has 25 heavy (non-hydrogen) atoms. The molecular formula is C18H24N6O. The zero-order chi connectivity index (χ0) is 17.8. The Labute approximate surface area is 147 Å². The van der Waals surface area contributed by atoms with E-state index in [4.69, 9.17) is 0 Å². The lowest BCUT2D eigenvalue weighted by atomic mass is 9.94. The minimum Gasteiger partial charge on any atom is -0.342 e. The zero-order valence-electron chi connectivity index (χ0n) is 15.0. The van der Waals surface area contributed by atoms with Gasteiger partial charge in [0.25, 0.3) is 0 Å². The molecule has 0 radical (unpaired) electrons. The van der Waals surface area contributed by atoms with Crippen LogP contribution >= 0.6 is 0 Å². The number of hydrogen-bond acceptors (Lipinski definition) is 6. The summed E-state index contributed by atoms with van der Waals surface area (Å²) in [5.74, 6) is 1.56. The van der Waals surface area contributed by atoms with Crippen LogP contribution in [0.3, 0.4) is 0 Å². The number of carbonyl (C=O) groups excluding carboxylic acids is 1. The lowest BCUT2D eigenvalue weighted by Crippen LogP contribution is -2.39. The van der Waals surface area contributed by atoms with Crippen LogP contribution in [-0.2, 0) is 4.79 Å². The van der Waals surface area contributed by atoms with Crippen molar-refractivity contribution in [3.05, 3.63) is 35.5 Å². The van der Waals surface area contributed by atoms with Crippen molar-refractivity contribution in [2.75, 3.05) is 18.4 Å². The minimum absolute atomic E-state index is 0.173. The van der Waals surface area contributed by atoms with E-state index in [2.05, 4.69) is 25.3 Å². The topological polar surface area (TPSA) is 83.9 Å². The van der Waals surface area contributed by atoms with Crippen LogP contribution in [0.2, 0.25) is 0 Å². The molecule has 3 heterocycles. The Morgan fingerprint density at radius 1 is 1.24 bits per heavy atom. The lowest BCUT2D eigenvalue weighted by Gasteiger charge is -2.32. The van der Waals surface area contributed by atoms with Crippen molar-refractivity contribution < 1.29 is 4.79 Å². The zero-order valence-corrected chi connectivity index (χ0v) is 15.0. The highest BCUT2D eigenvalue weighted by Crippen LogP contribution is 2.30. The summed E-state index contributed by atoms with van der Waals surface area (Å²) >= 11 is 0. The maximum Gasteiger partial charge on any atom is 0.228 e. The molecule has 0 unspecified atom stereocenters. The van der Waals surface area contributed by atoms with Crippen molar-refractivity contribution in [2.45, 2.75) is 46.0 Å². The summed E-state index contributed by atoms with van der Waals surface area (Å²) in [6, 6.07) is 1.93. The molecule has 2 aromatic rings. The van der Waals surface area contributed by atoms with E-state index in [9.17, 15) is 4.79 Å². The number of hydrogen-bond donors (Lipinski definition) is 1. The number of aryl methyl sites for hydroxylation is 2. The predicted octanol–water partition coefficient (Wildman–Crippen LogP) is 2.74. The quantitative estimate of drug-likeness (QED) is 0.921. The van der Waals surface area contributed by atoms with Crippen molar-refractivity contribution in [1.82, 2.24) is 24.8 Å². The fourth-order valence-electron chi connectivity index (χ4n) is 3.28. The summed E-state index contributed by atoms with van der Waals surface area (Å²) in [5, 5.41) is 3.21. The lowest BCUT2D eigenvalue weighted by molar-refractivity contribution is -0.132. The number of nitrogens with zero attached hydrogens (tertiary/aromatic N) is 5. The largest absolute Gasteiger partial charge is 0.342 e. The summed E-state index contributed by atoms with van der Waals surface area (Å²) in [4.78, 5) is 31.8. The van der Waals surface area contributed by atoms with E-state index in [-0.39, 0.29) is 11.8 Å². The number of aromatic nitrogens is 4. The van der Waals surface area contributed by atoms with E-state index in [0.29, 0.717) is 24.7 Å². The van der Waals surface area contributed by atoms with Gasteiger partial charge in [-0.2, -0.15) is 0 Å². The van der Waals surface area contributed by atoms with E-state index < -0.39 is 0 Å². The monoisotopic (exact) mass is 340 g/mol. The molecule has 0 aromatic carbocycles.